The van der Waals surface area contributed by atoms with Crippen molar-refractivity contribution in [3.8, 4) is 0 Å². The quantitative estimate of drug-likeness (QED) is 0.631. The number of hydrogen-bond donors (Lipinski definition) is 0. The van der Waals surface area contributed by atoms with Crippen LogP contribution in [0.15, 0.2) is 18.3 Å². The van der Waals surface area contributed by atoms with E-state index in [4.69, 9.17) is 0 Å². The van der Waals surface area contributed by atoms with Crippen molar-refractivity contribution in [2.75, 3.05) is 7.05 Å². The van der Waals surface area contributed by atoms with Gasteiger partial charge in [-0.25, -0.2) is 0 Å². The molecule has 2 nitrogen and oxygen atoms in total. The second kappa shape index (κ2) is 7.51. The summed E-state index contributed by atoms with van der Waals surface area (Å²) in [6, 6.07) is 4.14. The fourth-order valence-electron chi connectivity index (χ4n) is 1.36. The number of fused-ring (bicyclic) bond motifs is 1. The van der Waals surface area contributed by atoms with Crippen LogP contribution < -0.4 is 0 Å². The molecule has 0 atom stereocenters. The molecule has 0 radical (unpaired) electrons. The standard InChI is InChI=1S/C8H10N2.2C2H6/c1-10-5-7-3-2-4-9-8(7)6-10;2*1-2/h2-4H,5-6H2,1H3;2*1-2H3. The molecule has 0 fully saturated rings. The van der Waals surface area contributed by atoms with Crippen molar-refractivity contribution in [3.63, 3.8) is 0 Å². The van der Waals surface area contributed by atoms with Gasteiger partial charge >= 0.3 is 0 Å². The van der Waals surface area contributed by atoms with Crippen LogP contribution in [0.25, 0.3) is 0 Å². The third-order valence-electron chi connectivity index (χ3n) is 1.84. The van der Waals surface area contributed by atoms with Crippen molar-refractivity contribution in [1.82, 2.24) is 9.88 Å². The smallest absolute Gasteiger partial charge is 0.0588 e. The lowest BCUT2D eigenvalue weighted by Crippen LogP contribution is -2.07. The fraction of sp³-hybridized carbons (Fsp3) is 0.583. The minimum Gasteiger partial charge on any atom is -0.296 e. The molecule has 2 heterocycles. The second-order valence-corrected chi connectivity index (χ2v) is 2.78. The molecule has 0 aromatic carbocycles. The van der Waals surface area contributed by atoms with Gasteiger partial charge in [0.15, 0.2) is 0 Å². The van der Waals surface area contributed by atoms with Crippen LogP contribution in [0.3, 0.4) is 0 Å². The predicted molar refractivity (Wildman–Crippen MR) is 62.1 cm³/mol. The Bertz CT molecular complexity index is 221. The van der Waals surface area contributed by atoms with Crippen molar-refractivity contribution in [2.45, 2.75) is 40.8 Å². The van der Waals surface area contributed by atoms with Gasteiger partial charge in [-0.1, -0.05) is 33.8 Å². The van der Waals surface area contributed by atoms with Gasteiger partial charge < -0.3 is 0 Å². The van der Waals surface area contributed by atoms with Crippen LogP contribution >= 0.6 is 0 Å². The van der Waals surface area contributed by atoms with Crippen LogP contribution in [0.4, 0.5) is 0 Å². The van der Waals surface area contributed by atoms with Crippen molar-refractivity contribution in [1.29, 1.82) is 0 Å². The molecule has 2 heteroatoms. The molecule has 0 spiro atoms. The van der Waals surface area contributed by atoms with E-state index in [-0.39, 0.29) is 0 Å². The molecule has 0 amide bonds. The van der Waals surface area contributed by atoms with Crippen molar-refractivity contribution >= 4 is 0 Å². The summed E-state index contributed by atoms with van der Waals surface area (Å²) < 4.78 is 0. The van der Waals surface area contributed by atoms with Gasteiger partial charge in [0.2, 0.25) is 0 Å². The lowest BCUT2D eigenvalue weighted by Gasteiger charge is -2.01. The topological polar surface area (TPSA) is 16.1 Å². The summed E-state index contributed by atoms with van der Waals surface area (Å²) in [5.74, 6) is 0. The van der Waals surface area contributed by atoms with Crippen molar-refractivity contribution in [3.05, 3.63) is 29.6 Å². The number of pyridine rings is 1. The Morgan fingerprint density at radius 3 is 2.36 bits per heavy atom. The van der Waals surface area contributed by atoms with E-state index in [1.807, 2.05) is 40.0 Å². The normalized spacial score (nSPS) is 13.2. The van der Waals surface area contributed by atoms with Gasteiger partial charge in [-0.3, -0.25) is 9.88 Å². The molecule has 0 N–H and O–H groups in total. The zero-order chi connectivity index (χ0) is 11.0. The molecule has 80 valence electrons. The van der Waals surface area contributed by atoms with Gasteiger partial charge in [0, 0.05) is 19.3 Å². The molecule has 2 rings (SSSR count). The Labute approximate surface area is 88.0 Å². The van der Waals surface area contributed by atoms with Crippen molar-refractivity contribution < 1.29 is 0 Å². The molecule has 1 aliphatic rings. The minimum absolute atomic E-state index is 1.01. The summed E-state index contributed by atoms with van der Waals surface area (Å²) in [5, 5.41) is 0. The Balaban J connectivity index is 0.000000379. The van der Waals surface area contributed by atoms with Gasteiger partial charge in [-0.15, -0.1) is 0 Å². The van der Waals surface area contributed by atoms with Crippen LogP contribution in [0.2, 0.25) is 0 Å². The highest BCUT2D eigenvalue weighted by Gasteiger charge is 2.14. The number of aromatic nitrogens is 1. The summed E-state index contributed by atoms with van der Waals surface area (Å²) in [5.41, 5.74) is 2.62. The highest BCUT2D eigenvalue weighted by atomic mass is 15.1. The van der Waals surface area contributed by atoms with E-state index in [0.717, 1.165) is 13.1 Å². The van der Waals surface area contributed by atoms with Crippen LogP contribution in [-0.2, 0) is 13.1 Å². The van der Waals surface area contributed by atoms with E-state index >= 15 is 0 Å². The monoisotopic (exact) mass is 194 g/mol. The Hall–Kier alpha value is -0.890. The highest BCUT2D eigenvalue weighted by molar-refractivity contribution is 5.22. The first kappa shape index (κ1) is 13.1. The van der Waals surface area contributed by atoms with Crippen LogP contribution in [0.1, 0.15) is 39.0 Å². The van der Waals surface area contributed by atoms with E-state index in [1.54, 1.807) is 0 Å². The Morgan fingerprint density at radius 2 is 1.79 bits per heavy atom. The van der Waals surface area contributed by atoms with Crippen LogP contribution in [0, 0.1) is 0 Å². The van der Waals surface area contributed by atoms with Gasteiger partial charge in [0.05, 0.1) is 5.69 Å². The summed E-state index contributed by atoms with van der Waals surface area (Å²) in [6.45, 7) is 10.1. The molecule has 0 unspecified atom stereocenters. The van der Waals surface area contributed by atoms with Gasteiger partial charge in [0.25, 0.3) is 0 Å². The minimum atomic E-state index is 1.01. The number of nitrogens with zero attached hydrogens (tertiary/aromatic N) is 2. The lowest BCUT2D eigenvalue weighted by atomic mass is 10.2. The zero-order valence-electron chi connectivity index (χ0n) is 10.0. The third-order valence-corrected chi connectivity index (χ3v) is 1.84. The number of hydrogen-bond acceptors (Lipinski definition) is 2. The van der Waals surface area contributed by atoms with Gasteiger partial charge in [-0.05, 0) is 18.7 Å². The molecule has 1 aliphatic heterocycles. The molecule has 0 saturated carbocycles. The Kier molecular flexibility index (Phi) is 7.03. The average molecular weight is 194 g/mol. The first-order valence-corrected chi connectivity index (χ1v) is 5.47. The molecule has 1 aromatic heterocycles. The molecule has 0 saturated heterocycles. The van der Waals surface area contributed by atoms with Gasteiger partial charge in [0.1, 0.15) is 0 Å². The van der Waals surface area contributed by atoms with E-state index in [0.29, 0.717) is 0 Å². The molecular formula is C12H22N2. The number of rotatable bonds is 0. The summed E-state index contributed by atoms with van der Waals surface area (Å²) >= 11 is 0. The largest absolute Gasteiger partial charge is 0.296 e. The molecular weight excluding hydrogens is 172 g/mol. The lowest BCUT2D eigenvalue weighted by molar-refractivity contribution is 0.351. The van der Waals surface area contributed by atoms with Gasteiger partial charge in [-0.2, -0.15) is 0 Å². The first-order valence-electron chi connectivity index (χ1n) is 5.47. The predicted octanol–water partition coefficient (Wildman–Crippen LogP) is 3.08. The zero-order valence-corrected chi connectivity index (χ0v) is 10.0. The van der Waals surface area contributed by atoms with E-state index in [1.165, 1.54) is 11.3 Å². The first-order chi connectivity index (χ1) is 6.86. The average Bonchev–Trinajstić information content (AvgIpc) is 2.64. The molecule has 0 bridgehead atoms. The summed E-state index contributed by atoms with van der Waals surface area (Å²) in [4.78, 5) is 6.53. The van der Waals surface area contributed by atoms with Crippen molar-refractivity contribution in [2.24, 2.45) is 0 Å². The third kappa shape index (κ3) is 3.46. The maximum absolute atomic E-state index is 4.27. The maximum Gasteiger partial charge on any atom is 0.0588 e. The summed E-state index contributed by atoms with van der Waals surface area (Å²) in [7, 11) is 2.11. The highest BCUT2D eigenvalue weighted by Crippen LogP contribution is 2.17. The Morgan fingerprint density at radius 1 is 1.14 bits per heavy atom. The fourth-order valence-corrected chi connectivity index (χ4v) is 1.36. The van der Waals surface area contributed by atoms with E-state index in [2.05, 4.69) is 23.0 Å². The summed E-state index contributed by atoms with van der Waals surface area (Å²) in [6.07, 6.45) is 1.86. The molecule has 0 aliphatic carbocycles. The molecule has 1 aromatic rings. The van der Waals surface area contributed by atoms with E-state index in [9.17, 15) is 0 Å². The van der Waals surface area contributed by atoms with Crippen LogP contribution in [0.5, 0.6) is 0 Å². The maximum atomic E-state index is 4.27. The molecule has 14 heavy (non-hydrogen) atoms. The van der Waals surface area contributed by atoms with Crippen LogP contribution in [-0.4, -0.2) is 16.9 Å². The second-order valence-electron chi connectivity index (χ2n) is 2.78. The SMILES string of the molecule is CC.CC.CN1Cc2cccnc2C1. The van der Waals surface area contributed by atoms with E-state index < -0.39 is 0 Å².